The van der Waals surface area contributed by atoms with Crippen molar-refractivity contribution in [3.63, 3.8) is 0 Å². The second kappa shape index (κ2) is 8.94. The van der Waals surface area contributed by atoms with Crippen LogP contribution >= 0.6 is 0 Å². The second-order valence-electron chi connectivity index (χ2n) is 10.1. The molecule has 0 aliphatic heterocycles. The van der Waals surface area contributed by atoms with E-state index in [0.717, 1.165) is 49.3 Å². The summed E-state index contributed by atoms with van der Waals surface area (Å²) in [4.78, 5) is 0. The lowest BCUT2D eigenvalue weighted by Crippen LogP contribution is -2.04. The first-order valence-corrected chi connectivity index (χ1v) is 13.5. The molecule has 0 unspecified atom stereocenters. The molecule has 0 aliphatic carbocycles. The molecule has 0 spiro atoms. The largest absolute Gasteiger partial charge is 0.309 e. The molecule has 8 rings (SSSR count). The lowest BCUT2D eigenvalue weighted by Gasteiger charge is -2.19. The summed E-state index contributed by atoms with van der Waals surface area (Å²) in [5.41, 5.74) is 5.97. The fourth-order valence-corrected chi connectivity index (χ4v) is 6.26. The Morgan fingerprint density at radius 3 is 1.54 bits per heavy atom. The van der Waals surface area contributed by atoms with Crippen molar-refractivity contribution in [2.24, 2.45) is 0 Å². The average molecular weight is 529 g/mol. The monoisotopic (exact) mass is 528 g/mol. The third-order valence-electron chi connectivity index (χ3n) is 7.92. The summed E-state index contributed by atoms with van der Waals surface area (Å²) in [6.45, 7) is 0. The summed E-state index contributed by atoms with van der Waals surface area (Å²) in [6.07, 6.45) is 0. The predicted octanol–water partition coefficient (Wildman–Crippen LogP) is 9.56. The molecule has 0 fully saturated rings. The third kappa shape index (κ3) is 3.36. The predicted molar refractivity (Wildman–Crippen MR) is 165 cm³/mol. The van der Waals surface area contributed by atoms with E-state index in [2.05, 4.69) is 34.9 Å². The molecule has 6 aromatic carbocycles. The van der Waals surface area contributed by atoms with Crippen LogP contribution in [0.15, 0.2) is 133 Å². The molecule has 2 aromatic heterocycles. The van der Waals surface area contributed by atoms with Crippen LogP contribution in [0.2, 0.25) is 0 Å². The number of para-hydroxylation sites is 5. The van der Waals surface area contributed by atoms with E-state index in [-0.39, 0.29) is 11.6 Å². The molecule has 0 saturated heterocycles. The highest BCUT2D eigenvalue weighted by Crippen LogP contribution is 2.41. The Hall–Kier alpha value is -5.66. The van der Waals surface area contributed by atoms with Gasteiger partial charge in [-0.1, -0.05) is 91.0 Å². The maximum atomic E-state index is 16.5. The number of hydrogen-bond donors (Lipinski definition) is 0. The van der Waals surface area contributed by atoms with Crippen molar-refractivity contribution in [1.29, 1.82) is 5.26 Å². The van der Waals surface area contributed by atoms with Crippen LogP contribution in [0.1, 0.15) is 6.93 Å². The van der Waals surface area contributed by atoms with Gasteiger partial charge in [0.05, 0.1) is 46.4 Å². The van der Waals surface area contributed by atoms with Gasteiger partial charge in [0.1, 0.15) is 5.82 Å². The minimum Gasteiger partial charge on any atom is -0.309 e. The molecule has 41 heavy (non-hydrogen) atoms. The number of fused-ring (bicyclic) bond motifs is 6. The molecule has 0 aliphatic rings. The molecule has 2 heterocycles. The van der Waals surface area contributed by atoms with Gasteiger partial charge in [0.2, 0.25) is 0 Å². The highest BCUT2D eigenvalue weighted by molar-refractivity contribution is 6.11. The molecule has 4 heteroatoms. The number of nitriles is 1. The summed E-state index contributed by atoms with van der Waals surface area (Å²) in [5, 5.41) is 14.1. The van der Waals surface area contributed by atoms with Crippen LogP contribution in [0.3, 0.4) is 0 Å². The van der Waals surface area contributed by atoms with E-state index in [1.165, 1.54) is 6.07 Å². The van der Waals surface area contributed by atoms with E-state index in [9.17, 15) is 6.63 Å². The normalized spacial score (nSPS) is 11.9. The maximum Gasteiger partial charge on any atom is 0.149 e. The van der Waals surface area contributed by atoms with Crippen molar-refractivity contribution in [3.8, 4) is 28.6 Å². The summed E-state index contributed by atoms with van der Waals surface area (Å²) in [5.74, 6) is -0.521. The van der Waals surface area contributed by atoms with Crippen molar-refractivity contribution in [1.82, 2.24) is 9.13 Å². The van der Waals surface area contributed by atoms with Crippen molar-refractivity contribution in [2.75, 3.05) is 0 Å². The van der Waals surface area contributed by atoms with Gasteiger partial charge in [-0.05, 0) is 42.5 Å². The SMILES string of the molecule is [2H]c1cccc(-n2c3ccccc3c3ccccc32)c1-c1cc(C#N)cc(F)c1-n1c2ccccc2c2ccccc21. The topological polar surface area (TPSA) is 33.6 Å². The third-order valence-corrected chi connectivity index (χ3v) is 7.92. The van der Waals surface area contributed by atoms with Crippen LogP contribution in [0.4, 0.5) is 4.39 Å². The Morgan fingerprint density at radius 2 is 1.02 bits per heavy atom. The molecule has 0 bridgehead atoms. The van der Waals surface area contributed by atoms with E-state index >= 15 is 4.39 Å². The van der Waals surface area contributed by atoms with Crippen molar-refractivity contribution >= 4 is 43.6 Å². The molecular weight excluding hydrogens is 505 g/mol. The lowest BCUT2D eigenvalue weighted by atomic mass is 9.98. The number of nitrogens with zero attached hydrogens (tertiary/aromatic N) is 3. The zero-order chi connectivity index (χ0) is 28.4. The van der Waals surface area contributed by atoms with Gasteiger partial charge in [-0.25, -0.2) is 4.39 Å². The minimum atomic E-state index is -0.521. The molecule has 0 N–H and O–H groups in total. The number of halogens is 1. The fourth-order valence-electron chi connectivity index (χ4n) is 6.26. The van der Waals surface area contributed by atoms with Gasteiger partial charge < -0.3 is 9.13 Å². The number of aromatic nitrogens is 2. The Morgan fingerprint density at radius 1 is 0.561 bits per heavy atom. The number of benzene rings is 6. The van der Waals surface area contributed by atoms with Gasteiger partial charge in [0.25, 0.3) is 0 Å². The van der Waals surface area contributed by atoms with Gasteiger partial charge in [0, 0.05) is 32.7 Å². The fraction of sp³-hybridized carbons (Fsp3) is 0. The second-order valence-corrected chi connectivity index (χ2v) is 10.1. The molecule has 0 amide bonds. The Labute approximate surface area is 236 Å². The molecule has 8 aromatic rings. The van der Waals surface area contributed by atoms with Crippen LogP contribution in [-0.4, -0.2) is 9.13 Å². The average Bonchev–Trinajstić information content (AvgIpc) is 3.54. The highest BCUT2D eigenvalue weighted by Gasteiger charge is 2.23. The quantitative estimate of drug-likeness (QED) is 0.225. The van der Waals surface area contributed by atoms with Gasteiger partial charge in [0.15, 0.2) is 0 Å². The summed E-state index contributed by atoms with van der Waals surface area (Å²) < 4.78 is 29.7. The summed E-state index contributed by atoms with van der Waals surface area (Å²) in [7, 11) is 0. The first-order chi connectivity index (χ1) is 20.7. The van der Waals surface area contributed by atoms with E-state index in [1.807, 2.05) is 89.5 Å². The standard InChI is InChI=1S/C37H22FN3/c38-31-22-24(23-39)21-30(37(31)41-35-19-9-3-13-27(35)28-14-4-10-20-36(28)41)29-15-5-8-18-34(29)40-32-16-6-1-11-25(32)26-12-2-7-17-33(26)40/h1-22H/i15D. The van der Waals surface area contributed by atoms with Crippen LogP contribution in [-0.2, 0) is 0 Å². The zero-order valence-corrected chi connectivity index (χ0v) is 21.8. The van der Waals surface area contributed by atoms with Crippen molar-refractivity contribution in [2.45, 2.75) is 0 Å². The Kier molecular flexibility index (Phi) is 4.84. The van der Waals surface area contributed by atoms with E-state index < -0.39 is 5.82 Å². The van der Waals surface area contributed by atoms with Crippen LogP contribution in [0, 0.1) is 17.1 Å². The Balaban J connectivity index is 1.55. The first-order valence-electron chi connectivity index (χ1n) is 14.0. The van der Waals surface area contributed by atoms with E-state index in [0.29, 0.717) is 16.8 Å². The minimum absolute atomic E-state index is 0.198. The van der Waals surface area contributed by atoms with E-state index in [4.69, 9.17) is 0 Å². The highest BCUT2D eigenvalue weighted by atomic mass is 19.1. The first kappa shape index (κ1) is 22.2. The molecule has 0 saturated carbocycles. The van der Waals surface area contributed by atoms with Crippen molar-refractivity contribution in [3.05, 3.63) is 145 Å². The van der Waals surface area contributed by atoms with E-state index in [1.54, 1.807) is 12.1 Å². The van der Waals surface area contributed by atoms with Crippen LogP contribution in [0.25, 0.3) is 66.1 Å². The van der Waals surface area contributed by atoms with Crippen LogP contribution < -0.4 is 0 Å². The summed E-state index contributed by atoms with van der Waals surface area (Å²) in [6, 6.07) is 43.2. The summed E-state index contributed by atoms with van der Waals surface area (Å²) >= 11 is 0. The van der Waals surface area contributed by atoms with Gasteiger partial charge in [-0.3, -0.25) is 0 Å². The van der Waals surface area contributed by atoms with Crippen LogP contribution in [0.5, 0.6) is 0 Å². The molecule has 3 nitrogen and oxygen atoms in total. The molecule has 0 radical (unpaired) electrons. The Bertz CT molecular complexity index is 2300. The van der Waals surface area contributed by atoms with Crippen molar-refractivity contribution < 1.29 is 5.76 Å². The van der Waals surface area contributed by atoms with Gasteiger partial charge >= 0.3 is 0 Å². The lowest BCUT2D eigenvalue weighted by molar-refractivity contribution is 0.621. The van der Waals surface area contributed by atoms with Gasteiger partial charge in [-0.2, -0.15) is 5.26 Å². The zero-order valence-electron chi connectivity index (χ0n) is 22.8. The molecule has 192 valence electrons. The molecular formula is C37H22FN3. The number of rotatable bonds is 3. The van der Waals surface area contributed by atoms with Gasteiger partial charge in [-0.15, -0.1) is 0 Å². The number of hydrogen-bond acceptors (Lipinski definition) is 1. The maximum absolute atomic E-state index is 16.5. The smallest absolute Gasteiger partial charge is 0.149 e. The molecule has 0 atom stereocenters.